The molecule has 1 aromatic heterocycles. The van der Waals surface area contributed by atoms with Crippen molar-refractivity contribution in [2.75, 3.05) is 6.54 Å². The van der Waals surface area contributed by atoms with Gasteiger partial charge in [0.2, 0.25) is 0 Å². The van der Waals surface area contributed by atoms with E-state index >= 15 is 0 Å². The molecule has 0 amide bonds. The Bertz CT molecular complexity index is 511. The molecule has 0 saturated heterocycles. The fourth-order valence-electron chi connectivity index (χ4n) is 2.02. The van der Waals surface area contributed by atoms with E-state index in [4.69, 9.17) is 0 Å². The Morgan fingerprint density at radius 3 is 2.79 bits per heavy atom. The Labute approximate surface area is 135 Å². The minimum absolute atomic E-state index is 0.352. The largest absolute Gasteiger partial charge is 0.310 e. The van der Waals surface area contributed by atoms with Crippen LogP contribution in [0.2, 0.25) is 0 Å². The average Bonchev–Trinajstić information content (AvgIpc) is 2.90. The maximum atomic E-state index is 3.67. The molecule has 0 aliphatic carbocycles. The van der Waals surface area contributed by atoms with Crippen LogP contribution < -0.4 is 5.32 Å². The van der Waals surface area contributed by atoms with Crippen LogP contribution in [0, 0.1) is 0 Å². The average molecular weight is 403 g/mol. The molecule has 4 heteroatoms. The molecular formula is C15H17Br2NS. The van der Waals surface area contributed by atoms with Crippen molar-refractivity contribution >= 4 is 43.2 Å². The summed E-state index contributed by atoms with van der Waals surface area (Å²) in [4.78, 5) is 1.42. The maximum absolute atomic E-state index is 3.67. The topological polar surface area (TPSA) is 12.0 Å². The van der Waals surface area contributed by atoms with Gasteiger partial charge in [0.15, 0.2) is 0 Å². The molecule has 102 valence electrons. The zero-order valence-corrected chi connectivity index (χ0v) is 14.8. The SMILES string of the molecule is CCCNC(Cc1cccs1)c1cc(Br)ccc1Br. The van der Waals surface area contributed by atoms with Gasteiger partial charge < -0.3 is 5.32 Å². The zero-order chi connectivity index (χ0) is 13.7. The van der Waals surface area contributed by atoms with Gasteiger partial charge in [-0.3, -0.25) is 0 Å². The minimum Gasteiger partial charge on any atom is -0.310 e. The molecule has 0 saturated carbocycles. The summed E-state index contributed by atoms with van der Waals surface area (Å²) in [6, 6.07) is 11.0. The summed E-state index contributed by atoms with van der Waals surface area (Å²) in [5.41, 5.74) is 1.32. The van der Waals surface area contributed by atoms with E-state index < -0.39 is 0 Å². The Morgan fingerprint density at radius 2 is 2.11 bits per heavy atom. The maximum Gasteiger partial charge on any atom is 0.0380 e. The minimum atomic E-state index is 0.352. The van der Waals surface area contributed by atoms with Crippen LogP contribution in [0.4, 0.5) is 0 Å². The standard InChI is InChI=1S/C15H17Br2NS/c1-2-7-18-15(10-12-4-3-8-19-12)13-9-11(16)5-6-14(13)17/h3-6,8-9,15,18H,2,7,10H2,1H3. The van der Waals surface area contributed by atoms with Gasteiger partial charge in [-0.1, -0.05) is 44.8 Å². The zero-order valence-electron chi connectivity index (χ0n) is 10.8. The molecule has 1 nitrogen and oxygen atoms in total. The summed E-state index contributed by atoms with van der Waals surface area (Å²) in [6.45, 7) is 3.24. The van der Waals surface area contributed by atoms with Gasteiger partial charge in [0, 0.05) is 26.3 Å². The molecule has 1 N–H and O–H groups in total. The van der Waals surface area contributed by atoms with E-state index in [1.165, 1.54) is 14.9 Å². The summed E-state index contributed by atoms with van der Waals surface area (Å²) >= 11 is 9.06. The second-order valence-electron chi connectivity index (χ2n) is 4.46. The van der Waals surface area contributed by atoms with Crippen molar-refractivity contribution < 1.29 is 0 Å². The molecule has 0 radical (unpaired) electrons. The van der Waals surface area contributed by atoms with Crippen LogP contribution in [0.3, 0.4) is 0 Å². The first-order valence-electron chi connectivity index (χ1n) is 6.41. The molecule has 2 rings (SSSR count). The van der Waals surface area contributed by atoms with Crippen molar-refractivity contribution in [2.45, 2.75) is 25.8 Å². The lowest BCUT2D eigenvalue weighted by atomic mass is 10.0. The number of thiophene rings is 1. The highest BCUT2D eigenvalue weighted by atomic mass is 79.9. The van der Waals surface area contributed by atoms with Crippen LogP contribution in [0.1, 0.15) is 29.8 Å². The lowest BCUT2D eigenvalue weighted by molar-refractivity contribution is 0.530. The van der Waals surface area contributed by atoms with E-state index in [1.54, 1.807) is 0 Å². The summed E-state index contributed by atoms with van der Waals surface area (Å²) < 4.78 is 2.29. The molecule has 19 heavy (non-hydrogen) atoms. The first kappa shape index (κ1) is 15.2. The van der Waals surface area contributed by atoms with Crippen molar-refractivity contribution in [1.82, 2.24) is 5.32 Å². The molecule has 0 bridgehead atoms. The van der Waals surface area contributed by atoms with Crippen LogP contribution in [0.5, 0.6) is 0 Å². The smallest absolute Gasteiger partial charge is 0.0380 e. The van der Waals surface area contributed by atoms with E-state index in [0.717, 1.165) is 23.9 Å². The molecule has 0 aliphatic rings. The third-order valence-corrected chi connectivity index (χ3v) is 5.07. The van der Waals surface area contributed by atoms with E-state index in [0.29, 0.717) is 6.04 Å². The summed E-state index contributed by atoms with van der Waals surface area (Å²) in [7, 11) is 0. The number of halogens is 2. The molecule has 1 heterocycles. The third kappa shape index (κ3) is 4.42. The molecule has 0 fully saturated rings. The second-order valence-corrected chi connectivity index (χ2v) is 7.26. The van der Waals surface area contributed by atoms with Gasteiger partial charge in [-0.25, -0.2) is 0 Å². The lowest BCUT2D eigenvalue weighted by Crippen LogP contribution is -2.24. The van der Waals surface area contributed by atoms with Crippen molar-refractivity contribution in [1.29, 1.82) is 0 Å². The van der Waals surface area contributed by atoms with Gasteiger partial charge in [-0.15, -0.1) is 11.3 Å². The molecule has 1 unspecified atom stereocenters. The Morgan fingerprint density at radius 1 is 1.26 bits per heavy atom. The summed E-state index contributed by atoms with van der Waals surface area (Å²) in [5.74, 6) is 0. The third-order valence-electron chi connectivity index (χ3n) is 2.96. The summed E-state index contributed by atoms with van der Waals surface area (Å²) in [5, 5.41) is 5.79. The van der Waals surface area contributed by atoms with Gasteiger partial charge in [-0.05, 0) is 48.2 Å². The fraction of sp³-hybridized carbons (Fsp3) is 0.333. The van der Waals surface area contributed by atoms with Gasteiger partial charge in [0.25, 0.3) is 0 Å². The number of hydrogen-bond donors (Lipinski definition) is 1. The van der Waals surface area contributed by atoms with Crippen LogP contribution in [0.15, 0.2) is 44.7 Å². The van der Waals surface area contributed by atoms with Crippen LogP contribution in [-0.4, -0.2) is 6.54 Å². The summed E-state index contributed by atoms with van der Waals surface area (Å²) in [6.07, 6.45) is 2.18. The normalized spacial score (nSPS) is 12.6. The molecule has 1 aromatic carbocycles. The van der Waals surface area contributed by atoms with E-state index in [-0.39, 0.29) is 0 Å². The fourth-order valence-corrected chi connectivity index (χ4v) is 3.68. The second kappa shape index (κ2) is 7.58. The molecule has 0 spiro atoms. The Balaban J connectivity index is 2.23. The molecular weight excluding hydrogens is 386 g/mol. The van der Waals surface area contributed by atoms with Gasteiger partial charge in [0.05, 0.1) is 0 Å². The van der Waals surface area contributed by atoms with Gasteiger partial charge >= 0.3 is 0 Å². The van der Waals surface area contributed by atoms with Crippen molar-refractivity contribution in [3.63, 3.8) is 0 Å². The number of hydrogen-bond acceptors (Lipinski definition) is 2. The monoisotopic (exact) mass is 401 g/mol. The quantitative estimate of drug-likeness (QED) is 0.667. The Kier molecular flexibility index (Phi) is 6.07. The van der Waals surface area contributed by atoms with Gasteiger partial charge in [-0.2, -0.15) is 0 Å². The predicted octanol–water partition coefficient (Wildman–Crippen LogP) is 5.56. The van der Waals surface area contributed by atoms with Crippen LogP contribution in [-0.2, 0) is 6.42 Å². The predicted molar refractivity (Wildman–Crippen MR) is 90.9 cm³/mol. The molecule has 1 atom stereocenters. The van der Waals surface area contributed by atoms with Crippen molar-refractivity contribution in [3.05, 3.63) is 55.1 Å². The van der Waals surface area contributed by atoms with Crippen LogP contribution >= 0.6 is 43.2 Å². The number of benzene rings is 1. The van der Waals surface area contributed by atoms with E-state index in [2.05, 4.69) is 79.8 Å². The molecule has 0 aliphatic heterocycles. The van der Waals surface area contributed by atoms with E-state index in [9.17, 15) is 0 Å². The Hall–Kier alpha value is -0.160. The number of nitrogens with one attached hydrogen (secondary N) is 1. The highest BCUT2D eigenvalue weighted by molar-refractivity contribution is 9.11. The van der Waals surface area contributed by atoms with Crippen molar-refractivity contribution in [3.8, 4) is 0 Å². The van der Waals surface area contributed by atoms with E-state index in [1.807, 2.05) is 11.3 Å². The van der Waals surface area contributed by atoms with Gasteiger partial charge in [0.1, 0.15) is 0 Å². The number of rotatable bonds is 6. The molecule has 2 aromatic rings. The first-order valence-corrected chi connectivity index (χ1v) is 8.88. The first-order chi connectivity index (χ1) is 9.20. The highest BCUT2D eigenvalue weighted by Crippen LogP contribution is 2.30. The van der Waals surface area contributed by atoms with Crippen molar-refractivity contribution in [2.24, 2.45) is 0 Å². The lowest BCUT2D eigenvalue weighted by Gasteiger charge is -2.20. The highest BCUT2D eigenvalue weighted by Gasteiger charge is 2.15. The van der Waals surface area contributed by atoms with Crippen LogP contribution in [0.25, 0.3) is 0 Å².